The molecule has 0 radical (unpaired) electrons. The highest BCUT2D eigenvalue weighted by molar-refractivity contribution is 6.39. The first-order valence-corrected chi connectivity index (χ1v) is 15.0. The summed E-state index contributed by atoms with van der Waals surface area (Å²) in [5, 5.41) is 9.45. The van der Waals surface area contributed by atoms with E-state index in [4.69, 9.17) is 4.99 Å². The third kappa shape index (κ3) is 7.24. The van der Waals surface area contributed by atoms with Gasteiger partial charge in [-0.15, -0.1) is 0 Å². The molecule has 1 saturated carbocycles. The van der Waals surface area contributed by atoms with Gasteiger partial charge in [0.1, 0.15) is 5.66 Å². The van der Waals surface area contributed by atoms with Crippen molar-refractivity contribution in [1.29, 1.82) is 0 Å². The summed E-state index contributed by atoms with van der Waals surface area (Å²) in [7, 11) is 0. The number of aliphatic imine (C=N–C) groups is 1. The van der Waals surface area contributed by atoms with Crippen LogP contribution in [0.5, 0.6) is 0 Å². The Labute approximate surface area is 237 Å². The van der Waals surface area contributed by atoms with Crippen LogP contribution in [0.2, 0.25) is 0 Å². The molecular weight excluding hydrogens is 486 g/mol. The van der Waals surface area contributed by atoms with E-state index in [9.17, 15) is 14.7 Å². The van der Waals surface area contributed by atoms with Crippen LogP contribution in [0.4, 0.5) is 0 Å². The van der Waals surface area contributed by atoms with Gasteiger partial charge >= 0.3 is 5.97 Å². The molecule has 0 bridgehead atoms. The molecule has 0 aromatic carbocycles. The fraction of sp³-hybridized carbons (Fsp3) is 0.727. The number of rotatable bonds is 7. The van der Waals surface area contributed by atoms with E-state index in [2.05, 4.69) is 64.8 Å². The number of carboxylic acids is 1. The molecule has 218 valence electrons. The highest BCUT2D eigenvalue weighted by atomic mass is 16.4. The van der Waals surface area contributed by atoms with Crippen LogP contribution in [0.15, 0.2) is 40.9 Å². The number of hydrogen-bond acceptors (Lipinski definition) is 4. The molecule has 1 spiro atoms. The Morgan fingerprint density at radius 1 is 1.13 bits per heavy atom. The molecule has 0 aromatic heterocycles. The van der Waals surface area contributed by atoms with Crippen molar-refractivity contribution in [1.82, 2.24) is 9.80 Å². The van der Waals surface area contributed by atoms with Gasteiger partial charge in [-0.05, 0) is 94.0 Å². The van der Waals surface area contributed by atoms with E-state index in [-0.39, 0.29) is 28.4 Å². The van der Waals surface area contributed by atoms with Gasteiger partial charge in [-0.25, -0.2) is 9.79 Å². The van der Waals surface area contributed by atoms with E-state index in [0.717, 1.165) is 63.5 Å². The Hall–Kier alpha value is -2.37. The van der Waals surface area contributed by atoms with Gasteiger partial charge < -0.3 is 14.9 Å². The SMILES string of the molecule is C=C/C(=C\C=C(/C)C(=O)O)[C@@H](CCC(C)(C)C)N1C(=O)C(N2CCCC[C@@H]2C)=NC12CCC(C(C)(C)C)CC2. The highest BCUT2D eigenvalue weighted by Crippen LogP contribution is 2.48. The van der Waals surface area contributed by atoms with Crippen molar-refractivity contribution in [3.63, 3.8) is 0 Å². The predicted molar refractivity (Wildman–Crippen MR) is 161 cm³/mol. The average molecular weight is 540 g/mol. The zero-order valence-corrected chi connectivity index (χ0v) is 25.8. The fourth-order valence-corrected chi connectivity index (χ4v) is 6.55. The summed E-state index contributed by atoms with van der Waals surface area (Å²) >= 11 is 0. The summed E-state index contributed by atoms with van der Waals surface area (Å²) in [6, 6.07) is 0.0764. The number of hydrogen-bond donors (Lipinski definition) is 1. The van der Waals surface area contributed by atoms with E-state index in [0.29, 0.717) is 17.8 Å². The maximum absolute atomic E-state index is 14.5. The summed E-state index contributed by atoms with van der Waals surface area (Å²) < 4.78 is 0. The summed E-state index contributed by atoms with van der Waals surface area (Å²) in [6.45, 7) is 22.4. The molecule has 0 aromatic rings. The van der Waals surface area contributed by atoms with Crippen LogP contribution in [0.1, 0.15) is 113 Å². The minimum Gasteiger partial charge on any atom is -0.478 e. The zero-order valence-electron chi connectivity index (χ0n) is 25.8. The van der Waals surface area contributed by atoms with Crippen molar-refractivity contribution >= 4 is 17.7 Å². The van der Waals surface area contributed by atoms with Crippen LogP contribution >= 0.6 is 0 Å². The molecule has 3 rings (SSSR count). The summed E-state index contributed by atoms with van der Waals surface area (Å²) in [4.78, 5) is 35.8. The minimum absolute atomic E-state index is 0.0311. The Kier molecular flexibility index (Phi) is 9.60. The topological polar surface area (TPSA) is 73.2 Å². The Bertz CT molecular complexity index is 1020. The predicted octanol–water partition coefficient (Wildman–Crippen LogP) is 7.37. The maximum atomic E-state index is 14.5. The largest absolute Gasteiger partial charge is 0.478 e. The molecule has 1 saturated heterocycles. The van der Waals surface area contributed by atoms with Crippen molar-refractivity contribution in [2.75, 3.05) is 6.54 Å². The van der Waals surface area contributed by atoms with Gasteiger partial charge in [-0.2, -0.15) is 0 Å². The number of aliphatic carboxylic acids is 1. The van der Waals surface area contributed by atoms with Crippen molar-refractivity contribution in [3.05, 3.63) is 36.0 Å². The van der Waals surface area contributed by atoms with E-state index in [1.165, 1.54) is 6.42 Å². The van der Waals surface area contributed by atoms with Gasteiger partial charge in [-0.3, -0.25) is 4.79 Å². The molecule has 1 aliphatic carbocycles. The molecule has 39 heavy (non-hydrogen) atoms. The summed E-state index contributed by atoms with van der Waals surface area (Å²) in [6.07, 6.45) is 14.1. The lowest BCUT2D eigenvalue weighted by molar-refractivity contribution is -0.133. The molecule has 1 amide bonds. The van der Waals surface area contributed by atoms with E-state index >= 15 is 0 Å². The first-order valence-electron chi connectivity index (χ1n) is 15.0. The van der Waals surface area contributed by atoms with E-state index < -0.39 is 11.6 Å². The number of amides is 1. The van der Waals surface area contributed by atoms with E-state index in [1.807, 2.05) is 12.2 Å². The van der Waals surface area contributed by atoms with Crippen molar-refractivity contribution in [2.45, 2.75) is 131 Å². The second-order valence-corrected chi connectivity index (χ2v) is 14.4. The second kappa shape index (κ2) is 12.0. The number of carbonyl (C=O) groups is 2. The first-order chi connectivity index (χ1) is 18.1. The van der Waals surface area contributed by atoms with Crippen LogP contribution < -0.4 is 0 Å². The van der Waals surface area contributed by atoms with Gasteiger partial charge in [0.15, 0.2) is 5.84 Å². The smallest absolute Gasteiger partial charge is 0.331 e. The number of piperidine rings is 1. The zero-order chi connectivity index (χ0) is 29.2. The first kappa shape index (κ1) is 31.2. The number of nitrogens with zero attached hydrogens (tertiary/aromatic N) is 3. The van der Waals surface area contributed by atoms with Crippen LogP contribution in [-0.4, -0.2) is 56.9 Å². The molecule has 6 nitrogen and oxygen atoms in total. The van der Waals surface area contributed by atoms with Gasteiger partial charge in [0, 0.05) is 18.2 Å². The van der Waals surface area contributed by atoms with Crippen molar-refractivity contribution < 1.29 is 14.7 Å². The summed E-state index contributed by atoms with van der Waals surface area (Å²) in [5.41, 5.74) is 0.883. The lowest BCUT2D eigenvalue weighted by Gasteiger charge is -2.48. The quantitative estimate of drug-likeness (QED) is 0.271. The lowest BCUT2D eigenvalue weighted by atomic mass is 9.69. The third-order valence-corrected chi connectivity index (χ3v) is 9.22. The fourth-order valence-electron chi connectivity index (χ4n) is 6.55. The molecule has 2 fully saturated rings. The molecule has 6 heteroatoms. The molecule has 1 N–H and O–H groups in total. The Morgan fingerprint density at radius 3 is 2.28 bits per heavy atom. The summed E-state index contributed by atoms with van der Waals surface area (Å²) in [5.74, 6) is 0.318. The number of carbonyl (C=O) groups excluding carboxylic acids is 1. The monoisotopic (exact) mass is 539 g/mol. The Balaban J connectivity index is 2.11. The lowest BCUT2D eigenvalue weighted by Crippen LogP contribution is -2.56. The van der Waals surface area contributed by atoms with Crippen molar-refractivity contribution in [2.24, 2.45) is 21.7 Å². The molecular formula is C33H53N3O3. The highest BCUT2D eigenvalue weighted by Gasteiger charge is 2.54. The second-order valence-electron chi connectivity index (χ2n) is 14.4. The van der Waals surface area contributed by atoms with Crippen LogP contribution in [0, 0.1) is 16.7 Å². The van der Waals surface area contributed by atoms with Crippen molar-refractivity contribution in [3.8, 4) is 0 Å². The number of likely N-dealkylation sites (tertiary alicyclic amines) is 1. The van der Waals surface area contributed by atoms with Crippen LogP contribution in [-0.2, 0) is 9.59 Å². The van der Waals surface area contributed by atoms with Crippen LogP contribution in [0.25, 0.3) is 0 Å². The van der Waals surface area contributed by atoms with Gasteiger partial charge in [0.05, 0.1) is 6.04 Å². The van der Waals surface area contributed by atoms with Crippen LogP contribution in [0.3, 0.4) is 0 Å². The van der Waals surface area contributed by atoms with E-state index in [1.54, 1.807) is 13.0 Å². The number of allylic oxidation sites excluding steroid dienone is 2. The molecule has 2 atom stereocenters. The number of amidine groups is 1. The normalized spacial score (nSPS) is 28.1. The minimum atomic E-state index is -0.945. The molecule has 2 aliphatic heterocycles. The van der Waals surface area contributed by atoms with Gasteiger partial charge in [0.2, 0.25) is 0 Å². The average Bonchev–Trinajstić information content (AvgIpc) is 3.11. The molecule has 2 heterocycles. The molecule has 3 aliphatic rings. The van der Waals surface area contributed by atoms with Gasteiger partial charge in [0.25, 0.3) is 5.91 Å². The number of carboxylic acid groups (broad SMARTS) is 1. The Morgan fingerprint density at radius 2 is 1.77 bits per heavy atom. The standard InChI is InChI=1S/C33H53N3O3/c1-10-25(15-14-23(2)30(38)39)27(18-19-31(4,5)6)36-29(37)28(35-22-12-11-13-24(35)3)34-33(36)20-16-26(17-21-33)32(7,8)9/h10,14-15,24,26-27H,1,11-13,16-22H2,2-9H3,(H,38,39)/b23-14+,25-15+/t24-,26?,27+,33?/m0/s1. The third-order valence-electron chi connectivity index (χ3n) is 9.22. The maximum Gasteiger partial charge on any atom is 0.331 e. The van der Waals surface area contributed by atoms with Gasteiger partial charge in [-0.1, -0.05) is 66.3 Å². The molecule has 0 unspecified atom stereocenters.